The fraction of sp³-hybridized carbons (Fsp3) is 0.0588. The quantitative estimate of drug-likeness (QED) is 0.719. The van der Waals surface area contributed by atoms with Gasteiger partial charge >= 0.3 is 0 Å². The molecule has 0 unspecified atom stereocenters. The van der Waals surface area contributed by atoms with Gasteiger partial charge in [0.05, 0.1) is 7.11 Å². The maximum atomic E-state index is 5.28. The van der Waals surface area contributed by atoms with Crippen molar-refractivity contribution in [1.82, 2.24) is 0 Å². The fourth-order valence-electron chi connectivity index (χ4n) is 2.81. The van der Waals surface area contributed by atoms with Crippen LogP contribution >= 0.6 is 0 Å². The van der Waals surface area contributed by atoms with E-state index in [4.69, 9.17) is 4.74 Å². The van der Waals surface area contributed by atoms with Crippen molar-refractivity contribution in [3.63, 3.8) is 0 Å². The van der Waals surface area contributed by atoms with Crippen molar-refractivity contribution in [2.45, 2.75) is 0 Å². The molecule has 86 valence electrons. The summed E-state index contributed by atoms with van der Waals surface area (Å²) in [6.45, 7) is 0. The molecule has 2 aromatic rings. The summed E-state index contributed by atoms with van der Waals surface area (Å²) in [5.41, 5.74) is 7.90. The first-order valence-corrected chi connectivity index (χ1v) is 6.08. The van der Waals surface area contributed by atoms with E-state index in [1.54, 1.807) is 7.11 Å². The summed E-state index contributed by atoms with van der Waals surface area (Å²) < 4.78 is 5.28. The molecule has 0 radical (unpaired) electrons. The molecule has 1 heteroatoms. The van der Waals surface area contributed by atoms with Gasteiger partial charge < -0.3 is 4.74 Å². The van der Waals surface area contributed by atoms with Crippen LogP contribution in [0.4, 0.5) is 0 Å². The van der Waals surface area contributed by atoms with Gasteiger partial charge in [-0.15, -0.1) is 0 Å². The predicted molar refractivity (Wildman–Crippen MR) is 75.2 cm³/mol. The Labute approximate surface area is 106 Å². The number of rotatable bonds is 1. The fourth-order valence-corrected chi connectivity index (χ4v) is 2.81. The third-order valence-corrected chi connectivity index (χ3v) is 3.69. The molecule has 1 nitrogen and oxygen atoms in total. The molecule has 0 aliphatic heterocycles. The molecule has 4 rings (SSSR count). The Balaban J connectivity index is 1.93. The summed E-state index contributed by atoms with van der Waals surface area (Å²) in [6, 6.07) is 14.8. The standard InChI is InChI=1S/C17H12O/c1-18-13-6-7-15-12(8-13)10-17-14-5-3-2-4-11(14)9-16(15)17/h2-10H,1H3. The van der Waals surface area contributed by atoms with Crippen LogP contribution in [0.15, 0.2) is 42.5 Å². The average Bonchev–Trinajstić information content (AvgIpc) is 2.93. The molecule has 0 saturated heterocycles. The van der Waals surface area contributed by atoms with E-state index in [9.17, 15) is 0 Å². The van der Waals surface area contributed by atoms with E-state index in [1.165, 1.54) is 33.4 Å². The van der Waals surface area contributed by atoms with Crippen molar-refractivity contribution in [2.75, 3.05) is 7.11 Å². The van der Waals surface area contributed by atoms with Crippen molar-refractivity contribution in [2.24, 2.45) is 0 Å². The lowest BCUT2D eigenvalue weighted by atomic mass is 10.0. The van der Waals surface area contributed by atoms with Crippen LogP contribution in [0, 0.1) is 0 Å². The highest BCUT2D eigenvalue weighted by molar-refractivity contribution is 6.26. The average molecular weight is 232 g/mol. The third-order valence-electron chi connectivity index (χ3n) is 3.69. The zero-order valence-corrected chi connectivity index (χ0v) is 10.1. The molecular formula is C17H12O. The number of hydrogen-bond donors (Lipinski definition) is 0. The molecule has 0 N–H and O–H groups in total. The summed E-state index contributed by atoms with van der Waals surface area (Å²) in [7, 11) is 1.71. The zero-order valence-electron chi connectivity index (χ0n) is 10.1. The van der Waals surface area contributed by atoms with Crippen LogP contribution in [0.2, 0.25) is 0 Å². The topological polar surface area (TPSA) is 9.23 Å². The first kappa shape index (κ1) is 9.72. The molecule has 0 heterocycles. The lowest BCUT2D eigenvalue weighted by Crippen LogP contribution is -1.85. The predicted octanol–water partition coefficient (Wildman–Crippen LogP) is 4.10. The highest BCUT2D eigenvalue weighted by atomic mass is 16.5. The maximum Gasteiger partial charge on any atom is 0.119 e. The number of allylic oxidation sites excluding steroid dienone is 2. The smallest absolute Gasteiger partial charge is 0.119 e. The zero-order chi connectivity index (χ0) is 12.1. The van der Waals surface area contributed by atoms with Crippen LogP contribution in [-0.4, -0.2) is 7.11 Å². The van der Waals surface area contributed by atoms with Crippen LogP contribution in [0.25, 0.3) is 23.3 Å². The summed E-state index contributed by atoms with van der Waals surface area (Å²) >= 11 is 0. The van der Waals surface area contributed by atoms with Gasteiger partial charge in [-0.3, -0.25) is 0 Å². The number of hydrogen-bond acceptors (Lipinski definition) is 1. The molecule has 0 spiro atoms. The van der Waals surface area contributed by atoms with E-state index in [0.717, 1.165) is 5.75 Å². The van der Waals surface area contributed by atoms with Gasteiger partial charge in [0.25, 0.3) is 0 Å². The molecule has 0 fully saturated rings. The van der Waals surface area contributed by atoms with Gasteiger partial charge in [0, 0.05) is 0 Å². The second kappa shape index (κ2) is 3.36. The van der Waals surface area contributed by atoms with Crippen LogP contribution in [-0.2, 0) is 0 Å². The Morgan fingerprint density at radius 3 is 2.33 bits per heavy atom. The van der Waals surface area contributed by atoms with E-state index in [1.807, 2.05) is 6.07 Å². The van der Waals surface area contributed by atoms with E-state index in [0.29, 0.717) is 0 Å². The summed E-state index contributed by atoms with van der Waals surface area (Å²) in [4.78, 5) is 0. The normalized spacial score (nSPS) is 14.5. The Kier molecular flexibility index (Phi) is 1.81. The van der Waals surface area contributed by atoms with Crippen LogP contribution in [0.3, 0.4) is 0 Å². The minimum atomic E-state index is 0.916. The lowest BCUT2D eigenvalue weighted by Gasteiger charge is -2.03. The van der Waals surface area contributed by atoms with Gasteiger partial charge in [-0.25, -0.2) is 0 Å². The van der Waals surface area contributed by atoms with Crippen molar-refractivity contribution in [3.05, 3.63) is 64.7 Å². The van der Waals surface area contributed by atoms with Gasteiger partial charge in [0.15, 0.2) is 0 Å². The summed E-state index contributed by atoms with van der Waals surface area (Å²) in [6.07, 6.45) is 4.54. The van der Waals surface area contributed by atoms with E-state index in [2.05, 4.69) is 48.6 Å². The van der Waals surface area contributed by atoms with E-state index < -0.39 is 0 Å². The Hall–Kier alpha value is -2.28. The molecule has 0 bridgehead atoms. The molecule has 0 saturated carbocycles. The van der Waals surface area contributed by atoms with Gasteiger partial charge in [0.2, 0.25) is 0 Å². The summed E-state index contributed by atoms with van der Waals surface area (Å²) in [5, 5.41) is 0. The van der Waals surface area contributed by atoms with Crippen LogP contribution in [0.5, 0.6) is 5.75 Å². The highest BCUT2D eigenvalue weighted by Gasteiger charge is 2.26. The van der Waals surface area contributed by atoms with E-state index in [-0.39, 0.29) is 0 Å². The molecule has 18 heavy (non-hydrogen) atoms. The molecule has 2 aliphatic rings. The Morgan fingerprint density at radius 1 is 0.778 bits per heavy atom. The molecule has 0 amide bonds. The Bertz CT molecular complexity index is 720. The van der Waals surface area contributed by atoms with Crippen LogP contribution in [0.1, 0.15) is 22.3 Å². The third kappa shape index (κ3) is 1.16. The number of fused-ring (bicyclic) bond motifs is 5. The number of methoxy groups -OCH3 is 1. The minimum Gasteiger partial charge on any atom is -0.497 e. The van der Waals surface area contributed by atoms with Gasteiger partial charge in [-0.2, -0.15) is 0 Å². The second-order valence-corrected chi connectivity index (χ2v) is 4.66. The summed E-state index contributed by atoms with van der Waals surface area (Å²) in [5.74, 6) is 0.916. The number of ether oxygens (including phenoxy) is 1. The Morgan fingerprint density at radius 2 is 1.50 bits per heavy atom. The SMILES string of the molecule is COc1ccc2c(c1)C=C1C2=Cc2ccccc21. The van der Waals surface area contributed by atoms with E-state index >= 15 is 0 Å². The van der Waals surface area contributed by atoms with Crippen molar-refractivity contribution in [3.8, 4) is 5.75 Å². The minimum absolute atomic E-state index is 0.916. The monoisotopic (exact) mass is 232 g/mol. The van der Waals surface area contributed by atoms with Crippen molar-refractivity contribution >= 4 is 23.3 Å². The highest BCUT2D eigenvalue weighted by Crippen LogP contribution is 2.48. The maximum absolute atomic E-state index is 5.28. The van der Waals surface area contributed by atoms with Crippen molar-refractivity contribution < 1.29 is 4.74 Å². The van der Waals surface area contributed by atoms with Gasteiger partial charge in [-0.1, -0.05) is 30.3 Å². The molecule has 0 aromatic heterocycles. The molecule has 2 aromatic carbocycles. The first-order chi connectivity index (χ1) is 8.86. The number of benzene rings is 2. The molecular weight excluding hydrogens is 220 g/mol. The molecule has 2 aliphatic carbocycles. The largest absolute Gasteiger partial charge is 0.497 e. The van der Waals surface area contributed by atoms with Gasteiger partial charge in [0.1, 0.15) is 5.75 Å². The lowest BCUT2D eigenvalue weighted by molar-refractivity contribution is 0.414. The first-order valence-electron chi connectivity index (χ1n) is 6.08. The van der Waals surface area contributed by atoms with Crippen molar-refractivity contribution in [1.29, 1.82) is 0 Å². The van der Waals surface area contributed by atoms with Gasteiger partial charge in [-0.05, 0) is 57.7 Å². The molecule has 0 atom stereocenters. The second-order valence-electron chi connectivity index (χ2n) is 4.66. The van der Waals surface area contributed by atoms with Crippen LogP contribution < -0.4 is 4.74 Å².